The molecule has 0 aliphatic carbocycles. The summed E-state index contributed by atoms with van der Waals surface area (Å²) in [4.78, 5) is 11.8. The predicted octanol–water partition coefficient (Wildman–Crippen LogP) is 8.79. The first-order chi connectivity index (χ1) is 24.6. The van der Waals surface area contributed by atoms with Gasteiger partial charge < -0.3 is 42.7 Å². The van der Waals surface area contributed by atoms with Gasteiger partial charge >= 0.3 is 0 Å². The van der Waals surface area contributed by atoms with Crippen LogP contribution in [0.25, 0.3) is 0 Å². The summed E-state index contributed by atoms with van der Waals surface area (Å²) in [5.41, 5.74) is 1.80. The van der Waals surface area contributed by atoms with Crippen molar-refractivity contribution in [2.75, 3.05) is 40.5 Å². The summed E-state index contributed by atoms with van der Waals surface area (Å²) in [7, 11) is -0.643. The van der Waals surface area contributed by atoms with Gasteiger partial charge in [0.15, 0.2) is 5.79 Å². The molecule has 0 N–H and O–H groups in total. The summed E-state index contributed by atoms with van der Waals surface area (Å²) in [6, 6.07) is 12.4. The minimum atomic E-state index is -1.22. The van der Waals surface area contributed by atoms with Gasteiger partial charge in [-0.2, -0.15) is 0 Å². The Balaban J connectivity index is 1.76. The fourth-order valence-corrected chi connectivity index (χ4v) is 8.30. The van der Waals surface area contributed by atoms with Gasteiger partial charge in [0.05, 0.1) is 43.7 Å². The lowest BCUT2D eigenvalue weighted by Crippen LogP contribution is -2.63. The van der Waals surface area contributed by atoms with Crippen LogP contribution in [0.1, 0.15) is 57.9 Å². The van der Waals surface area contributed by atoms with Crippen LogP contribution in [0.4, 0.5) is 0 Å². The molecule has 0 saturated carbocycles. The number of methoxy groups -OCH3 is 1. The number of hydrogen-bond donors (Lipinski definition) is 0. The minimum absolute atomic E-state index is 0.133. The quantitative estimate of drug-likeness (QED) is 0.0337. The van der Waals surface area contributed by atoms with Gasteiger partial charge in [-0.25, -0.2) is 0 Å². The van der Waals surface area contributed by atoms with Crippen molar-refractivity contribution in [1.82, 2.24) is 0 Å². The molecule has 52 heavy (non-hydrogen) atoms. The summed E-state index contributed by atoms with van der Waals surface area (Å²) < 4.78 is 50.4. The van der Waals surface area contributed by atoms with E-state index in [-0.39, 0.29) is 43.7 Å². The lowest BCUT2D eigenvalue weighted by atomic mass is 9.70. The van der Waals surface area contributed by atoms with E-state index in [0.29, 0.717) is 45.9 Å². The topological polar surface area (TPSA) is 90.9 Å². The van der Waals surface area contributed by atoms with E-state index in [9.17, 15) is 4.79 Å². The van der Waals surface area contributed by atoms with E-state index in [1.54, 1.807) is 7.11 Å². The molecular weight excluding hydrogens is 693 g/mol. The van der Waals surface area contributed by atoms with Crippen molar-refractivity contribution in [3.05, 3.63) is 60.2 Å². The van der Waals surface area contributed by atoms with Gasteiger partial charge in [0, 0.05) is 67.6 Å². The second kappa shape index (κ2) is 21.5. The minimum Gasteiger partial charge on any atom is -0.373 e. The summed E-state index contributed by atoms with van der Waals surface area (Å²) in [6.45, 7) is 25.1. The Kier molecular flexibility index (Phi) is 18.6. The van der Waals surface area contributed by atoms with E-state index >= 15 is 0 Å². The van der Waals surface area contributed by atoms with Gasteiger partial charge in [-0.05, 0) is 30.5 Å². The highest BCUT2D eigenvalue weighted by Gasteiger charge is 2.58. The Morgan fingerprint density at radius 3 is 2.23 bits per heavy atom. The SMILES string of the molecule is C=C[C@H]1C/C(=C\COCOCC[Si](C)(C)C)C[C@@H](C[C@]2(OC)O[C@H](C[C@H](CC=O)OCOCC[Si](C)(C)C)C[C@H](OCc3ccccc3)C2(C)C)O1. The first-order valence-corrected chi connectivity index (χ1v) is 26.6. The van der Waals surface area contributed by atoms with Crippen LogP contribution in [0.15, 0.2) is 54.6 Å². The molecular formula is C41H70O9Si2. The lowest BCUT2D eigenvalue weighted by molar-refractivity contribution is -0.363. The van der Waals surface area contributed by atoms with Crippen molar-refractivity contribution < 1.29 is 42.7 Å². The molecule has 0 spiro atoms. The molecule has 1 aromatic rings. The standard InChI is InChI=1S/C41H70O9Si2/c1-11-35-25-34(18-20-44-31-45-21-23-51(5,6)7)26-38(49-35)29-41(43-4)40(2,3)39(47-30-33-15-13-12-14-16-33)28-37(50-41)27-36(17-19-42)48-32-46-22-24-52(8,9)10/h11-16,18-19,35-39H,1,17,20-32H2,2-10H3/b34-18+/t35-,36-,37+,38-,39-,41-/m0/s1. The molecule has 11 heteroatoms. The zero-order valence-corrected chi connectivity index (χ0v) is 35.8. The molecule has 2 aliphatic heterocycles. The van der Waals surface area contributed by atoms with Gasteiger partial charge in [-0.1, -0.05) is 101 Å². The van der Waals surface area contributed by atoms with Crippen molar-refractivity contribution >= 4 is 22.4 Å². The monoisotopic (exact) mass is 762 g/mol. The smallest absolute Gasteiger partial charge is 0.178 e. The van der Waals surface area contributed by atoms with E-state index in [1.165, 1.54) is 5.57 Å². The average molecular weight is 763 g/mol. The van der Waals surface area contributed by atoms with Crippen molar-refractivity contribution in [2.24, 2.45) is 5.41 Å². The molecule has 0 radical (unpaired) electrons. The van der Waals surface area contributed by atoms with Crippen LogP contribution >= 0.6 is 0 Å². The van der Waals surface area contributed by atoms with Crippen LogP contribution < -0.4 is 0 Å². The highest BCUT2D eigenvalue weighted by Crippen LogP contribution is 2.51. The van der Waals surface area contributed by atoms with E-state index in [2.05, 4.69) is 77.9 Å². The summed E-state index contributed by atoms with van der Waals surface area (Å²) in [5, 5.41) is 0. The average Bonchev–Trinajstić information content (AvgIpc) is 3.07. The van der Waals surface area contributed by atoms with E-state index in [0.717, 1.165) is 43.4 Å². The Bertz CT molecular complexity index is 1210. The zero-order valence-electron chi connectivity index (χ0n) is 33.8. The Morgan fingerprint density at radius 1 is 0.942 bits per heavy atom. The van der Waals surface area contributed by atoms with Crippen LogP contribution in [0.2, 0.25) is 51.4 Å². The van der Waals surface area contributed by atoms with Crippen LogP contribution in [0, 0.1) is 5.41 Å². The van der Waals surface area contributed by atoms with Gasteiger partial charge in [-0.15, -0.1) is 6.58 Å². The van der Waals surface area contributed by atoms with Gasteiger partial charge in [0.25, 0.3) is 0 Å². The van der Waals surface area contributed by atoms with Crippen molar-refractivity contribution in [3.8, 4) is 0 Å². The van der Waals surface area contributed by atoms with Crippen LogP contribution in [0.5, 0.6) is 0 Å². The molecule has 9 nitrogen and oxygen atoms in total. The fraction of sp³-hybridized carbons (Fsp3) is 0.732. The first kappa shape index (κ1) is 44.9. The third kappa shape index (κ3) is 15.3. The number of benzene rings is 1. The Hall–Kier alpha value is -1.52. The molecule has 2 fully saturated rings. The van der Waals surface area contributed by atoms with Crippen molar-refractivity contribution in [3.63, 3.8) is 0 Å². The molecule has 296 valence electrons. The predicted molar refractivity (Wildman–Crippen MR) is 213 cm³/mol. The third-order valence-electron chi connectivity index (χ3n) is 10.2. The normalized spacial score (nSPS) is 26.7. The molecule has 3 rings (SSSR count). The largest absolute Gasteiger partial charge is 0.373 e. The van der Waals surface area contributed by atoms with Gasteiger partial charge in [0.2, 0.25) is 0 Å². The van der Waals surface area contributed by atoms with Crippen LogP contribution in [-0.4, -0.2) is 99.3 Å². The number of aldehydes is 1. The maximum Gasteiger partial charge on any atom is 0.178 e. The number of carbonyl (C=O) groups is 1. The molecule has 0 aromatic heterocycles. The number of carbonyl (C=O) groups excluding carboxylic acids is 1. The third-order valence-corrected chi connectivity index (χ3v) is 13.7. The first-order valence-electron chi connectivity index (χ1n) is 19.2. The molecule has 6 atom stereocenters. The van der Waals surface area contributed by atoms with Gasteiger partial charge in [0.1, 0.15) is 19.9 Å². The summed E-state index contributed by atoms with van der Waals surface area (Å²) in [6.07, 6.45) is 7.12. The number of rotatable bonds is 24. The lowest BCUT2D eigenvalue weighted by Gasteiger charge is -2.56. The molecule has 0 unspecified atom stereocenters. The molecule has 0 amide bonds. The second-order valence-corrected chi connectivity index (χ2v) is 28.7. The van der Waals surface area contributed by atoms with E-state index in [1.807, 2.05) is 24.3 Å². The number of hydrogen-bond acceptors (Lipinski definition) is 9. The highest BCUT2D eigenvalue weighted by molar-refractivity contribution is 6.76. The molecule has 2 heterocycles. The molecule has 0 bridgehead atoms. The van der Waals surface area contributed by atoms with Crippen molar-refractivity contribution in [2.45, 2.75) is 147 Å². The van der Waals surface area contributed by atoms with Crippen LogP contribution in [0.3, 0.4) is 0 Å². The maximum absolute atomic E-state index is 11.8. The van der Waals surface area contributed by atoms with Crippen molar-refractivity contribution in [1.29, 1.82) is 0 Å². The van der Waals surface area contributed by atoms with E-state index in [4.69, 9.17) is 37.9 Å². The molecule has 2 aliphatic rings. The summed E-state index contributed by atoms with van der Waals surface area (Å²) in [5.74, 6) is -1.05. The maximum atomic E-state index is 11.8. The Morgan fingerprint density at radius 2 is 1.62 bits per heavy atom. The molecule has 1 aromatic carbocycles. The van der Waals surface area contributed by atoms with Gasteiger partial charge in [-0.3, -0.25) is 0 Å². The summed E-state index contributed by atoms with van der Waals surface area (Å²) >= 11 is 0. The second-order valence-electron chi connectivity index (χ2n) is 17.4. The van der Waals surface area contributed by atoms with Crippen LogP contribution in [-0.2, 0) is 49.3 Å². The fourth-order valence-electron chi connectivity index (χ4n) is 6.78. The van der Waals surface area contributed by atoms with E-state index < -0.39 is 27.3 Å². The number of ether oxygens (including phenoxy) is 8. The highest BCUT2D eigenvalue weighted by atomic mass is 28.3. The Labute approximate surface area is 317 Å². The zero-order chi connectivity index (χ0) is 38.3. The molecule has 2 saturated heterocycles.